The SMILES string of the molecule is CSCC(C)Cn1c(C(C)Cl)nc2ccc(F)c(F)c21. The Morgan fingerprint density at radius 1 is 1.35 bits per heavy atom. The molecule has 0 saturated heterocycles. The molecule has 110 valence electrons. The molecule has 2 unspecified atom stereocenters. The third kappa shape index (κ3) is 2.93. The Hall–Kier alpha value is -0.810. The minimum atomic E-state index is -0.857. The van der Waals surface area contributed by atoms with Crippen LogP contribution in [0.15, 0.2) is 12.1 Å². The van der Waals surface area contributed by atoms with Crippen molar-refractivity contribution in [1.29, 1.82) is 0 Å². The van der Waals surface area contributed by atoms with E-state index in [1.807, 2.05) is 6.26 Å². The quantitative estimate of drug-likeness (QED) is 0.749. The standard InChI is InChI=1S/C14H17ClF2N2S/c1-8(7-20-3)6-19-13-11(18-14(19)9(2)15)5-4-10(16)12(13)17/h4-5,8-9H,6-7H2,1-3H3. The number of hydrogen-bond acceptors (Lipinski definition) is 2. The van der Waals surface area contributed by atoms with Gasteiger partial charge in [-0.3, -0.25) is 0 Å². The predicted octanol–water partition coefficient (Wildman–Crippen LogP) is 4.61. The van der Waals surface area contributed by atoms with Crippen LogP contribution in [0.4, 0.5) is 8.78 Å². The van der Waals surface area contributed by atoms with E-state index < -0.39 is 11.6 Å². The molecule has 2 atom stereocenters. The Bertz CT molecular complexity index is 613. The maximum Gasteiger partial charge on any atom is 0.184 e. The second-order valence-corrected chi connectivity index (χ2v) is 6.55. The van der Waals surface area contributed by atoms with Crippen LogP contribution in [-0.2, 0) is 6.54 Å². The molecule has 0 spiro atoms. The van der Waals surface area contributed by atoms with Gasteiger partial charge < -0.3 is 4.57 Å². The summed E-state index contributed by atoms with van der Waals surface area (Å²) >= 11 is 7.85. The van der Waals surface area contributed by atoms with Crippen LogP contribution in [0.5, 0.6) is 0 Å². The van der Waals surface area contributed by atoms with Crippen LogP contribution in [0.25, 0.3) is 11.0 Å². The maximum absolute atomic E-state index is 14.1. The molecule has 2 aromatic rings. The number of halogens is 3. The molecule has 0 amide bonds. The molecule has 6 heteroatoms. The highest BCUT2D eigenvalue weighted by molar-refractivity contribution is 7.98. The van der Waals surface area contributed by atoms with E-state index in [-0.39, 0.29) is 10.9 Å². The number of alkyl halides is 1. The van der Waals surface area contributed by atoms with E-state index in [1.165, 1.54) is 6.07 Å². The summed E-state index contributed by atoms with van der Waals surface area (Å²) in [5.74, 6) is 0.130. The van der Waals surface area contributed by atoms with E-state index in [0.29, 0.717) is 23.8 Å². The van der Waals surface area contributed by atoms with Gasteiger partial charge in [0.25, 0.3) is 0 Å². The fourth-order valence-electron chi connectivity index (χ4n) is 2.31. The molecule has 0 bridgehead atoms. The Morgan fingerprint density at radius 2 is 2.05 bits per heavy atom. The second-order valence-electron chi connectivity index (χ2n) is 4.99. The van der Waals surface area contributed by atoms with E-state index in [4.69, 9.17) is 11.6 Å². The molecular weight excluding hydrogens is 302 g/mol. The van der Waals surface area contributed by atoms with Crippen molar-refractivity contribution in [2.24, 2.45) is 5.92 Å². The summed E-state index contributed by atoms with van der Waals surface area (Å²) < 4.78 is 29.3. The zero-order valence-corrected chi connectivity index (χ0v) is 13.2. The third-order valence-corrected chi connectivity index (χ3v) is 4.23. The van der Waals surface area contributed by atoms with Crippen LogP contribution in [0.2, 0.25) is 0 Å². The van der Waals surface area contributed by atoms with E-state index in [0.717, 1.165) is 11.8 Å². The van der Waals surface area contributed by atoms with E-state index in [9.17, 15) is 8.78 Å². The van der Waals surface area contributed by atoms with Crippen molar-refractivity contribution in [2.45, 2.75) is 25.8 Å². The van der Waals surface area contributed by atoms with E-state index in [1.54, 1.807) is 23.3 Å². The van der Waals surface area contributed by atoms with Gasteiger partial charge in [-0.2, -0.15) is 11.8 Å². The summed E-state index contributed by atoms with van der Waals surface area (Å²) in [4.78, 5) is 4.34. The Kier molecular flexibility index (Phi) is 4.91. The Balaban J connectivity index is 2.58. The molecule has 20 heavy (non-hydrogen) atoms. The number of benzene rings is 1. The van der Waals surface area contributed by atoms with Gasteiger partial charge in [0.1, 0.15) is 11.3 Å². The van der Waals surface area contributed by atoms with Gasteiger partial charge in [0.15, 0.2) is 11.6 Å². The van der Waals surface area contributed by atoms with E-state index >= 15 is 0 Å². The lowest BCUT2D eigenvalue weighted by molar-refractivity contribution is 0.493. The lowest BCUT2D eigenvalue weighted by Gasteiger charge is -2.15. The van der Waals surface area contributed by atoms with Gasteiger partial charge in [0.05, 0.1) is 10.9 Å². The molecule has 1 aromatic heterocycles. The Morgan fingerprint density at radius 3 is 2.65 bits per heavy atom. The molecule has 2 rings (SSSR count). The minimum absolute atomic E-state index is 0.209. The fraction of sp³-hybridized carbons (Fsp3) is 0.500. The molecule has 0 N–H and O–H groups in total. The Labute approximate surface area is 126 Å². The zero-order chi connectivity index (χ0) is 14.9. The number of imidazole rings is 1. The van der Waals surface area contributed by atoms with Crippen molar-refractivity contribution >= 4 is 34.4 Å². The largest absolute Gasteiger partial charge is 0.324 e. The number of thioether (sulfide) groups is 1. The van der Waals surface area contributed by atoms with Crippen LogP contribution in [0.1, 0.15) is 25.0 Å². The van der Waals surface area contributed by atoms with Crippen LogP contribution < -0.4 is 0 Å². The third-order valence-electron chi connectivity index (χ3n) is 3.13. The molecule has 0 aliphatic rings. The first-order chi connectivity index (χ1) is 9.45. The number of rotatable bonds is 5. The number of hydrogen-bond donors (Lipinski definition) is 0. The molecule has 1 aromatic carbocycles. The monoisotopic (exact) mass is 318 g/mol. The zero-order valence-electron chi connectivity index (χ0n) is 11.7. The maximum atomic E-state index is 14.1. The van der Waals surface area contributed by atoms with Crippen molar-refractivity contribution in [2.75, 3.05) is 12.0 Å². The normalized spacial score (nSPS) is 14.7. The smallest absolute Gasteiger partial charge is 0.184 e. The minimum Gasteiger partial charge on any atom is -0.324 e. The highest BCUT2D eigenvalue weighted by Gasteiger charge is 2.21. The van der Waals surface area contributed by atoms with Crippen molar-refractivity contribution in [3.05, 3.63) is 29.6 Å². The molecule has 2 nitrogen and oxygen atoms in total. The number of aromatic nitrogens is 2. The lowest BCUT2D eigenvalue weighted by Crippen LogP contribution is -2.13. The molecule has 0 fully saturated rings. The van der Waals surface area contributed by atoms with Crippen LogP contribution in [-0.4, -0.2) is 21.6 Å². The average molecular weight is 319 g/mol. The summed E-state index contributed by atoms with van der Waals surface area (Å²) in [5.41, 5.74) is 0.656. The highest BCUT2D eigenvalue weighted by Crippen LogP contribution is 2.28. The van der Waals surface area contributed by atoms with Crippen molar-refractivity contribution < 1.29 is 8.78 Å². The first-order valence-electron chi connectivity index (χ1n) is 6.42. The van der Waals surface area contributed by atoms with Gasteiger partial charge in [-0.05, 0) is 37.0 Å². The van der Waals surface area contributed by atoms with Crippen LogP contribution >= 0.6 is 23.4 Å². The van der Waals surface area contributed by atoms with Gasteiger partial charge in [-0.1, -0.05) is 6.92 Å². The molecule has 1 heterocycles. The van der Waals surface area contributed by atoms with Crippen molar-refractivity contribution in [1.82, 2.24) is 9.55 Å². The van der Waals surface area contributed by atoms with Gasteiger partial charge in [-0.15, -0.1) is 11.6 Å². The molecule has 0 radical (unpaired) electrons. The van der Waals surface area contributed by atoms with Crippen LogP contribution in [0.3, 0.4) is 0 Å². The topological polar surface area (TPSA) is 17.8 Å². The predicted molar refractivity (Wildman–Crippen MR) is 81.5 cm³/mol. The van der Waals surface area contributed by atoms with E-state index in [2.05, 4.69) is 11.9 Å². The summed E-state index contributed by atoms with van der Waals surface area (Å²) in [7, 11) is 0. The molecule has 0 saturated carbocycles. The first-order valence-corrected chi connectivity index (χ1v) is 8.25. The van der Waals surface area contributed by atoms with Gasteiger partial charge in [0.2, 0.25) is 0 Å². The molecule has 0 aliphatic carbocycles. The van der Waals surface area contributed by atoms with Gasteiger partial charge in [0, 0.05) is 6.54 Å². The lowest BCUT2D eigenvalue weighted by atomic mass is 10.2. The van der Waals surface area contributed by atoms with Crippen LogP contribution in [0, 0.1) is 17.6 Å². The fourth-order valence-corrected chi connectivity index (χ4v) is 3.15. The summed E-state index contributed by atoms with van der Waals surface area (Å²) in [5, 5.41) is -0.355. The number of nitrogens with zero attached hydrogens (tertiary/aromatic N) is 2. The van der Waals surface area contributed by atoms with Gasteiger partial charge in [-0.25, -0.2) is 13.8 Å². The molecular formula is C14H17ClF2N2S. The first kappa shape index (κ1) is 15.6. The highest BCUT2D eigenvalue weighted by atomic mass is 35.5. The second kappa shape index (κ2) is 6.31. The summed E-state index contributed by atoms with van der Waals surface area (Å²) in [6.45, 7) is 4.43. The van der Waals surface area contributed by atoms with Crippen molar-refractivity contribution in [3.8, 4) is 0 Å². The molecule has 0 aliphatic heterocycles. The average Bonchev–Trinajstić information content (AvgIpc) is 2.74. The summed E-state index contributed by atoms with van der Waals surface area (Å²) in [6, 6.07) is 2.59. The van der Waals surface area contributed by atoms with Gasteiger partial charge >= 0.3 is 0 Å². The summed E-state index contributed by atoms with van der Waals surface area (Å²) in [6.07, 6.45) is 2.02. The van der Waals surface area contributed by atoms with Crippen molar-refractivity contribution in [3.63, 3.8) is 0 Å². The number of fused-ring (bicyclic) bond motifs is 1.